The third-order valence-electron chi connectivity index (χ3n) is 5.66. The lowest BCUT2D eigenvalue weighted by Gasteiger charge is -2.29. The number of rotatable bonds is 6. The van der Waals surface area contributed by atoms with Gasteiger partial charge in [-0.2, -0.15) is 13.2 Å². The minimum Gasteiger partial charge on any atom is -0.374 e. The van der Waals surface area contributed by atoms with Crippen LogP contribution < -0.4 is 4.90 Å². The van der Waals surface area contributed by atoms with Crippen molar-refractivity contribution < 1.29 is 27.5 Å². The van der Waals surface area contributed by atoms with E-state index in [4.69, 9.17) is 44.4 Å². The number of hydrogen-bond acceptors (Lipinski definition) is 6. The maximum Gasteiger partial charge on any atom is 0.435 e. The summed E-state index contributed by atoms with van der Waals surface area (Å²) in [6.07, 6.45) is -2.76. The first-order valence-electron chi connectivity index (χ1n) is 10.6. The standard InChI is InChI=1S/C24H18Cl3F3N4O3/c1-13-5-14(3-4-19(13)21(35)34(12-36-2)22-31-10-18(27)11-32-22)20-9-23(37-33-20,24(28,29)30)15-6-16(25)8-17(26)7-15/h3-8,10-11H,9,12H2,1-2H3. The van der Waals surface area contributed by atoms with Crippen molar-refractivity contribution in [3.8, 4) is 0 Å². The second-order valence-electron chi connectivity index (χ2n) is 8.17. The molecule has 0 spiro atoms. The third-order valence-corrected chi connectivity index (χ3v) is 6.29. The number of carbonyl (C=O) groups is 1. The molecule has 2 heterocycles. The molecule has 194 valence electrons. The van der Waals surface area contributed by atoms with Crippen molar-refractivity contribution >= 4 is 52.4 Å². The van der Waals surface area contributed by atoms with Crippen LogP contribution in [0.5, 0.6) is 0 Å². The van der Waals surface area contributed by atoms with Gasteiger partial charge in [0, 0.05) is 34.7 Å². The number of methoxy groups -OCH3 is 1. The van der Waals surface area contributed by atoms with Gasteiger partial charge in [-0.25, -0.2) is 9.97 Å². The number of oxime groups is 1. The number of carbonyl (C=O) groups excluding carboxylic acids is 1. The van der Waals surface area contributed by atoms with Gasteiger partial charge < -0.3 is 9.57 Å². The number of benzene rings is 2. The van der Waals surface area contributed by atoms with E-state index in [2.05, 4.69) is 15.1 Å². The first kappa shape index (κ1) is 27.1. The molecule has 37 heavy (non-hydrogen) atoms. The number of hydrogen-bond donors (Lipinski definition) is 0. The van der Waals surface area contributed by atoms with Gasteiger partial charge in [0.25, 0.3) is 11.5 Å². The van der Waals surface area contributed by atoms with Gasteiger partial charge in [0.15, 0.2) is 0 Å². The number of amides is 1. The molecule has 1 atom stereocenters. The number of anilines is 1. The molecule has 1 aromatic heterocycles. The van der Waals surface area contributed by atoms with E-state index in [1.54, 1.807) is 13.0 Å². The Balaban J connectivity index is 1.64. The molecule has 0 saturated carbocycles. The number of halogens is 6. The predicted molar refractivity (Wildman–Crippen MR) is 133 cm³/mol. The largest absolute Gasteiger partial charge is 0.435 e. The van der Waals surface area contributed by atoms with Crippen molar-refractivity contribution in [2.24, 2.45) is 5.16 Å². The molecule has 1 aliphatic rings. The summed E-state index contributed by atoms with van der Waals surface area (Å²) >= 11 is 17.7. The number of nitrogens with zero attached hydrogens (tertiary/aromatic N) is 4. The van der Waals surface area contributed by atoms with Crippen LogP contribution in [-0.2, 0) is 15.2 Å². The molecule has 0 aliphatic carbocycles. The van der Waals surface area contributed by atoms with Gasteiger partial charge in [-0.1, -0.05) is 46.0 Å². The smallest absolute Gasteiger partial charge is 0.374 e. The molecule has 1 amide bonds. The maximum atomic E-state index is 14.3. The van der Waals surface area contributed by atoms with Crippen molar-refractivity contribution in [2.75, 3.05) is 18.7 Å². The van der Waals surface area contributed by atoms with Crippen LogP contribution >= 0.6 is 34.8 Å². The summed E-state index contributed by atoms with van der Waals surface area (Å²) in [6, 6.07) is 8.16. The van der Waals surface area contributed by atoms with E-state index < -0.39 is 24.1 Å². The van der Waals surface area contributed by atoms with Crippen LogP contribution in [0.1, 0.15) is 33.5 Å². The van der Waals surface area contributed by atoms with Crippen LogP contribution in [-0.4, -0.2) is 41.6 Å². The van der Waals surface area contributed by atoms with Crippen LogP contribution in [0.25, 0.3) is 0 Å². The van der Waals surface area contributed by atoms with Crippen LogP contribution in [0.2, 0.25) is 15.1 Å². The molecular formula is C24H18Cl3F3N4O3. The van der Waals surface area contributed by atoms with Gasteiger partial charge in [-0.3, -0.25) is 9.69 Å². The summed E-state index contributed by atoms with van der Waals surface area (Å²) in [7, 11) is 1.41. The molecule has 0 N–H and O–H groups in total. The van der Waals surface area contributed by atoms with E-state index in [0.29, 0.717) is 16.1 Å². The van der Waals surface area contributed by atoms with Crippen LogP contribution in [0.15, 0.2) is 53.9 Å². The van der Waals surface area contributed by atoms with Gasteiger partial charge in [-0.15, -0.1) is 0 Å². The molecule has 1 aliphatic heterocycles. The Bertz CT molecular complexity index is 1350. The molecule has 13 heteroatoms. The minimum atomic E-state index is -4.82. The van der Waals surface area contributed by atoms with E-state index in [0.717, 1.165) is 12.1 Å². The molecule has 4 rings (SSSR count). The summed E-state index contributed by atoms with van der Waals surface area (Å²) in [5.41, 5.74) is -1.88. The van der Waals surface area contributed by atoms with Crippen LogP contribution in [0, 0.1) is 6.92 Å². The lowest BCUT2D eigenvalue weighted by atomic mass is 9.86. The first-order chi connectivity index (χ1) is 17.4. The van der Waals surface area contributed by atoms with E-state index in [-0.39, 0.29) is 39.6 Å². The fourth-order valence-electron chi connectivity index (χ4n) is 3.86. The van der Waals surface area contributed by atoms with Gasteiger partial charge >= 0.3 is 6.18 Å². The second-order valence-corrected chi connectivity index (χ2v) is 9.48. The van der Waals surface area contributed by atoms with Gasteiger partial charge in [-0.05, 0) is 48.4 Å². The molecular weight excluding hydrogens is 556 g/mol. The lowest BCUT2D eigenvalue weighted by Crippen LogP contribution is -2.42. The molecule has 0 saturated heterocycles. The summed E-state index contributed by atoms with van der Waals surface area (Å²) in [5.74, 6) is -0.403. The third kappa shape index (κ3) is 5.38. The highest BCUT2D eigenvalue weighted by molar-refractivity contribution is 6.34. The van der Waals surface area contributed by atoms with Crippen molar-refractivity contribution in [1.82, 2.24) is 9.97 Å². The lowest BCUT2D eigenvalue weighted by molar-refractivity contribution is -0.275. The normalized spacial score (nSPS) is 17.4. The molecule has 0 radical (unpaired) electrons. The highest BCUT2D eigenvalue weighted by atomic mass is 35.5. The van der Waals surface area contributed by atoms with E-state index in [1.807, 2.05) is 0 Å². The highest BCUT2D eigenvalue weighted by Gasteiger charge is 2.62. The van der Waals surface area contributed by atoms with Crippen molar-refractivity contribution in [3.63, 3.8) is 0 Å². The van der Waals surface area contributed by atoms with Gasteiger partial charge in [0.2, 0.25) is 5.95 Å². The fraction of sp³-hybridized carbons (Fsp3) is 0.250. The molecule has 3 aromatic rings. The predicted octanol–water partition coefficient (Wildman–Crippen LogP) is 6.58. The van der Waals surface area contributed by atoms with Crippen molar-refractivity contribution in [2.45, 2.75) is 25.1 Å². The zero-order chi connectivity index (χ0) is 27.0. The Kier molecular flexibility index (Phi) is 7.66. The molecule has 0 bridgehead atoms. The van der Waals surface area contributed by atoms with E-state index in [1.165, 1.54) is 42.6 Å². The summed E-state index contributed by atoms with van der Waals surface area (Å²) in [6.45, 7) is 1.51. The topological polar surface area (TPSA) is 76.9 Å². The SMILES string of the molecule is COCN(C(=O)c1ccc(C2=NOC(c3cc(Cl)cc(Cl)c3)(C(F)(F)F)C2)cc1C)c1ncc(Cl)cn1. The Morgan fingerprint density at radius 2 is 1.73 bits per heavy atom. The Morgan fingerprint density at radius 3 is 2.30 bits per heavy atom. The summed E-state index contributed by atoms with van der Waals surface area (Å²) in [4.78, 5) is 27.6. The second kappa shape index (κ2) is 10.4. The quantitative estimate of drug-likeness (QED) is 0.312. The van der Waals surface area contributed by atoms with Gasteiger partial charge in [0.1, 0.15) is 6.73 Å². The zero-order valence-corrected chi connectivity index (χ0v) is 21.6. The highest BCUT2D eigenvalue weighted by Crippen LogP contribution is 2.49. The monoisotopic (exact) mass is 572 g/mol. The average Bonchev–Trinajstić information content (AvgIpc) is 3.29. The van der Waals surface area contributed by atoms with Crippen molar-refractivity contribution in [1.29, 1.82) is 0 Å². The number of alkyl halides is 3. The summed E-state index contributed by atoms with van der Waals surface area (Å²) < 4.78 is 48.0. The minimum absolute atomic E-state index is 0.0344. The van der Waals surface area contributed by atoms with E-state index in [9.17, 15) is 18.0 Å². The fourth-order valence-corrected chi connectivity index (χ4v) is 4.48. The van der Waals surface area contributed by atoms with Crippen LogP contribution in [0.3, 0.4) is 0 Å². The van der Waals surface area contributed by atoms with Crippen molar-refractivity contribution in [3.05, 3.63) is 86.1 Å². The molecule has 2 aromatic carbocycles. The zero-order valence-electron chi connectivity index (χ0n) is 19.3. The average molecular weight is 574 g/mol. The Morgan fingerprint density at radius 1 is 1.08 bits per heavy atom. The van der Waals surface area contributed by atoms with Crippen LogP contribution in [0.4, 0.5) is 19.1 Å². The Labute approximate surface area is 224 Å². The summed E-state index contributed by atoms with van der Waals surface area (Å²) in [5, 5.41) is 4.12. The molecule has 1 unspecified atom stereocenters. The number of aromatic nitrogens is 2. The first-order valence-corrected chi connectivity index (χ1v) is 11.8. The molecule has 7 nitrogen and oxygen atoms in total. The number of aryl methyl sites for hydroxylation is 1. The maximum absolute atomic E-state index is 14.3. The van der Waals surface area contributed by atoms with E-state index >= 15 is 0 Å². The van der Waals surface area contributed by atoms with Gasteiger partial charge in [0.05, 0.1) is 23.1 Å². The molecule has 0 fully saturated rings. The number of ether oxygens (including phenoxy) is 1. The Hall–Kier alpha value is -2.92.